The second kappa shape index (κ2) is 7.26. The minimum Gasteiger partial charge on any atom is -0.344 e. The number of anilines is 1. The number of allylic oxidation sites excluding steroid dienone is 1. The fourth-order valence-corrected chi connectivity index (χ4v) is 4.76. The Morgan fingerprint density at radius 1 is 1.22 bits per heavy atom. The Hall–Kier alpha value is -2.49. The average molecular weight is 400 g/mol. The van der Waals surface area contributed by atoms with Crippen molar-refractivity contribution in [2.45, 2.75) is 12.3 Å². The molecule has 0 saturated carbocycles. The Labute approximate surface area is 165 Å². The van der Waals surface area contributed by atoms with E-state index in [1.807, 2.05) is 23.1 Å². The normalized spacial score (nSPS) is 19.7. The van der Waals surface area contributed by atoms with Crippen molar-refractivity contribution >= 4 is 35.0 Å². The first kappa shape index (κ1) is 17.9. The molecule has 2 heterocycles. The summed E-state index contributed by atoms with van der Waals surface area (Å²) in [5, 5.41) is 11.1. The Kier molecular flexibility index (Phi) is 4.81. The van der Waals surface area contributed by atoms with Gasteiger partial charge in [-0.3, -0.25) is 9.69 Å². The number of carbonyl (C=O) groups is 1. The predicted molar refractivity (Wildman–Crippen MR) is 104 cm³/mol. The first-order valence-electron chi connectivity index (χ1n) is 8.40. The van der Waals surface area contributed by atoms with Crippen LogP contribution in [0.15, 0.2) is 59.1 Å². The number of rotatable bonds is 2. The van der Waals surface area contributed by atoms with Crippen molar-refractivity contribution in [2.24, 2.45) is 0 Å². The first-order valence-corrected chi connectivity index (χ1v) is 9.76. The van der Waals surface area contributed by atoms with Gasteiger partial charge in [-0.25, -0.2) is 4.39 Å². The standard InChI is InChI=1S/C20H15ClFN3OS/c21-14-4-2-6-16(8-14)24-11-25-19(26)9-17(13-3-1-5-15(22)7-13)18(10-23)20(25)27-12-24/h1-8,17H,9,11-12H2. The van der Waals surface area contributed by atoms with E-state index in [1.54, 1.807) is 23.1 Å². The van der Waals surface area contributed by atoms with Crippen LogP contribution < -0.4 is 4.90 Å². The third-order valence-corrected chi connectivity index (χ3v) is 6.11. The van der Waals surface area contributed by atoms with Crippen molar-refractivity contribution in [2.75, 3.05) is 17.4 Å². The van der Waals surface area contributed by atoms with E-state index in [0.717, 1.165) is 5.69 Å². The Bertz CT molecular complexity index is 987. The largest absolute Gasteiger partial charge is 0.344 e. The van der Waals surface area contributed by atoms with E-state index < -0.39 is 5.92 Å². The molecule has 0 bridgehead atoms. The molecular weight excluding hydrogens is 385 g/mol. The molecule has 0 radical (unpaired) electrons. The number of hydrogen-bond donors (Lipinski definition) is 0. The minimum atomic E-state index is -0.408. The van der Waals surface area contributed by atoms with E-state index in [4.69, 9.17) is 11.6 Å². The van der Waals surface area contributed by atoms with Gasteiger partial charge in [0.1, 0.15) is 5.82 Å². The summed E-state index contributed by atoms with van der Waals surface area (Å²) in [6.45, 7) is 0.364. The molecule has 2 aliphatic heterocycles. The van der Waals surface area contributed by atoms with Crippen molar-refractivity contribution in [1.29, 1.82) is 5.26 Å². The van der Waals surface area contributed by atoms with E-state index >= 15 is 0 Å². The second-order valence-electron chi connectivity index (χ2n) is 6.40. The van der Waals surface area contributed by atoms with Crippen LogP contribution >= 0.6 is 23.4 Å². The third-order valence-electron chi connectivity index (χ3n) is 4.72. The highest BCUT2D eigenvalue weighted by molar-refractivity contribution is 8.03. The molecule has 1 unspecified atom stereocenters. The number of halogens is 2. The number of benzene rings is 2. The fourth-order valence-electron chi connectivity index (χ4n) is 3.41. The molecule has 2 aliphatic rings. The van der Waals surface area contributed by atoms with Crippen molar-refractivity contribution in [1.82, 2.24) is 4.90 Å². The number of thioether (sulfide) groups is 1. The topological polar surface area (TPSA) is 47.3 Å². The minimum absolute atomic E-state index is 0.0718. The van der Waals surface area contributed by atoms with E-state index in [1.165, 1.54) is 23.9 Å². The van der Waals surface area contributed by atoms with Gasteiger partial charge in [-0.1, -0.05) is 41.6 Å². The van der Waals surface area contributed by atoms with Crippen LogP contribution in [0.4, 0.5) is 10.1 Å². The summed E-state index contributed by atoms with van der Waals surface area (Å²) < 4.78 is 13.6. The Morgan fingerprint density at radius 3 is 2.78 bits per heavy atom. The molecule has 136 valence electrons. The van der Waals surface area contributed by atoms with E-state index in [-0.39, 0.29) is 18.1 Å². The van der Waals surface area contributed by atoms with Crippen molar-refractivity contribution < 1.29 is 9.18 Å². The highest BCUT2D eigenvalue weighted by atomic mass is 35.5. The molecule has 0 spiro atoms. The lowest BCUT2D eigenvalue weighted by Gasteiger charge is -2.42. The monoisotopic (exact) mass is 399 g/mol. The van der Waals surface area contributed by atoms with E-state index in [9.17, 15) is 14.4 Å². The lowest BCUT2D eigenvalue weighted by atomic mass is 9.86. The van der Waals surface area contributed by atoms with Gasteiger partial charge in [-0.15, -0.1) is 0 Å². The molecule has 1 amide bonds. The van der Waals surface area contributed by atoms with Crippen molar-refractivity contribution in [3.05, 3.63) is 75.5 Å². The molecule has 1 fully saturated rings. The van der Waals surface area contributed by atoms with Gasteiger partial charge in [0.25, 0.3) is 0 Å². The van der Waals surface area contributed by atoms with Gasteiger partial charge in [0, 0.05) is 23.0 Å². The van der Waals surface area contributed by atoms with E-state index in [2.05, 4.69) is 6.07 Å². The molecule has 1 atom stereocenters. The molecule has 27 heavy (non-hydrogen) atoms. The van der Waals surface area contributed by atoms with Crippen LogP contribution in [-0.4, -0.2) is 23.4 Å². The molecule has 4 nitrogen and oxygen atoms in total. The predicted octanol–water partition coefficient (Wildman–Crippen LogP) is 4.70. The molecule has 1 saturated heterocycles. The van der Waals surface area contributed by atoms with Gasteiger partial charge in [-0.05, 0) is 35.9 Å². The number of hydrogen-bond acceptors (Lipinski definition) is 4. The Balaban J connectivity index is 1.68. The summed E-state index contributed by atoms with van der Waals surface area (Å²) in [5.41, 5.74) is 2.11. The number of amides is 1. The van der Waals surface area contributed by atoms with Crippen molar-refractivity contribution in [3.63, 3.8) is 0 Å². The lowest BCUT2D eigenvalue weighted by molar-refractivity contribution is -0.129. The summed E-state index contributed by atoms with van der Waals surface area (Å²) in [4.78, 5) is 16.5. The van der Waals surface area contributed by atoms with Gasteiger partial charge in [-0.2, -0.15) is 5.26 Å². The van der Waals surface area contributed by atoms with Gasteiger partial charge >= 0.3 is 0 Å². The summed E-state index contributed by atoms with van der Waals surface area (Å²) >= 11 is 7.52. The van der Waals surface area contributed by atoms with Crippen LogP contribution in [0.5, 0.6) is 0 Å². The summed E-state index contributed by atoms with van der Waals surface area (Å²) in [6, 6.07) is 15.9. The summed E-state index contributed by atoms with van der Waals surface area (Å²) in [5.74, 6) is -0.249. The maximum absolute atomic E-state index is 13.6. The average Bonchev–Trinajstić information content (AvgIpc) is 2.67. The molecule has 2 aromatic rings. The SMILES string of the molecule is N#CC1=C2SCN(c3cccc(Cl)c3)CN2C(=O)CC1c1cccc(F)c1. The quantitative estimate of drug-likeness (QED) is 0.734. The maximum Gasteiger partial charge on any atom is 0.229 e. The van der Waals surface area contributed by atoms with Crippen LogP contribution in [-0.2, 0) is 4.79 Å². The molecule has 4 rings (SSSR count). The Morgan fingerprint density at radius 2 is 2.04 bits per heavy atom. The molecule has 7 heteroatoms. The highest BCUT2D eigenvalue weighted by Gasteiger charge is 2.38. The number of carbonyl (C=O) groups excluding carboxylic acids is 1. The number of nitrogens with zero attached hydrogens (tertiary/aromatic N) is 3. The fraction of sp³-hybridized carbons (Fsp3) is 0.200. The second-order valence-corrected chi connectivity index (χ2v) is 7.77. The highest BCUT2D eigenvalue weighted by Crippen LogP contribution is 2.43. The van der Waals surface area contributed by atoms with Crippen molar-refractivity contribution in [3.8, 4) is 6.07 Å². The summed E-state index contributed by atoms with van der Waals surface area (Å²) in [7, 11) is 0. The molecular formula is C20H15ClFN3OS. The molecule has 2 aromatic carbocycles. The van der Waals surface area contributed by atoms with Crippen LogP contribution in [0, 0.1) is 17.1 Å². The van der Waals surface area contributed by atoms with Gasteiger partial charge in [0.05, 0.1) is 29.2 Å². The number of fused-ring (bicyclic) bond motifs is 1. The van der Waals surface area contributed by atoms with Gasteiger partial charge < -0.3 is 4.90 Å². The van der Waals surface area contributed by atoms with Gasteiger partial charge in [0.2, 0.25) is 5.91 Å². The zero-order valence-electron chi connectivity index (χ0n) is 14.2. The molecule has 0 aromatic heterocycles. The van der Waals surface area contributed by atoms with Crippen LogP contribution in [0.1, 0.15) is 17.9 Å². The summed E-state index contributed by atoms with van der Waals surface area (Å²) in [6.07, 6.45) is 0.153. The zero-order chi connectivity index (χ0) is 19.0. The molecule has 0 aliphatic carbocycles. The molecule has 0 N–H and O–H groups in total. The number of nitriles is 1. The zero-order valence-corrected chi connectivity index (χ0v) is 15.8. The lowest BCUT2D eigenvalue weighted by Crippen LogP contribution is -2.47. The first-order chi connectivity index (χ1) is 13.1. The maximum atomic E-state index is 13.6. The third kappa shape index (κ3) is 3.41. The van der Waals surface area contributed by atoms with Crippen LogP contribution in [0.25, 0.3) is 0 Å². The smallest absolute Gasteiger partial charge is 0.229 e. The van der Waals surface area contributed by atoms with E-state index in [0.29, 0.717) is 33.7 Å². The van der Waals surface area contributed by atoms with Crippen LogP contribution in [0.3, 0.4) is 0 Å². The van der Waals surface area contributed by atoms with Gasteiger partial charge in [0.15, 0.2) is 0 Å². The van der Waals surface area contributed by atoms with Crippen LogP contribution in [0.2, 0.25) is 5.02 Å².